The Morgan fingerprint density at radius 1 is 1.18 bits per heavy atom. The quantitative estimate of drug-likeness (QED) is 0.729. The molecule has 1 aliphatic carbocycles. The highest BCUT2D eigenvalue weighted by Crippen LogP contribution is 2.32. The van der Waals surface area contributed by atoms with Crippen LogP contribution in [0.3, 0.4) is 0 Å². The van der Waals surface area contributed by atoms with Crippen LogP contribution in [-0.2, 0) is 9.53 Å². The number of rotatable bonds is 5. The third kappa shape index (κ3) is 3.80. The molecule has 98 valence electrons. The summed E-state index contributed by atoms with van der Waals surface area (Å²) in [6.45, 7) is 3.17. The van der Waals surface area contributed by atoms with Crippen LogP contribution < -0.4 is 0 Å². The summed E-state index contributed by atoms with van der Waals surface area (Å²) in [7, 11) is 0. The van der Waals surface area contributed by atoms with Crippen molar-refractivity contribution in [3.05, 3.63) is 0 Å². The van der Waals surface area contributed by atoms with E-state index < -0.39 is 0 Å². The Kier molecular flexibility index (Phi) is 5.02. The van der Waals surface area contributed by atoms with Crippen molar-refractivity contribution in [2.75, 3.05) is 6.61 Å². The zero-order valence-corrected chi connectivity index (χ0v) is 11.1. The van der Waals surface area contributed by atoms with Gasteiger partial charge in [0.1, 0.15) is 5.78 Å². The van der Waals surface area contributed by atoms with Crippen LogP contribution in [-0.4, -0.2) is 18.5 Å². The lowest BCUT2D eigenvalue weighted by Gasteiger charge is -2.27. The molecule has 0 amide bonds. The van der Waals surface area contributed by atoms with Crippen molar-refractivity contribution in [1.82, 2.24) is 0 Å². The lowest BCUT2D eigenvalue weighted by Crippen LogP contribution is -2.22. The SMILES string of the molecule is CCC1CCC(C(=O)CCC2CCCO2)CC1. The second kappa shape index (κ2) is 6.53. The Morgan fingerprint density at radius 3 is 2.53 bits per heavy atom. The molecule has 0 N–H and O–H groups in total. The lowest BCUT2D eigenvalue weighted by atomic mass is 9.78. The van der Waals surface area contributed by atoms with Crippen molar-refractivity contribution in [3.63, 3.8) is 0 Å². The Balaban J connectivity index is 1.66. The van der Waals surface area contributed by atoms with E-state index in [-0.39, 0.29) is 0 Å². The first-order valence-electron chi connectivity index (χ1n) is 7.44. The zero-order valence-electron chi connectivity index (χ0n) is 11.1. The van der Waals surface area contributed by atoms with Gasteiger partial charge in [0.05, 0.1) is 6.10 Å². The van der Waals surface area contributed by atoms with Crippen LogP contribution in [0, 0.1) is 11.8 Å². The lowest BCUT2D eigenvalue weighted by molar-refractivity contribution is -0.124. The van der Waals surface area contributed by atoms with Gasteiger partial charge >= 0.3 is 0 Å². The van der Waals surface area contributed by atoms with Gasteiger partial charge < -0.3 is 4.74 Å². The number of hydrogen-bond donors (Lipinski definition) is 0. The first-order valence-corrected chi connectivity index (χ1v) is 7.44. The second-order valence-electron chi connectivity index (χ2n) is 5.77. The third-order valence-corrected chi connectivity index (χ3v) is 4.62. The normalized spacial score (nSPS) is 33.8. The molecular weight excluding hydrogens is 212 g/mol. The molecule has 1 unspecified atom stereocenters. The van der Waals surface area contributed by atoms with Crippen molar-refractivity contribution in [3.8, 4) is 0 Å². The van der Waals surface area contributed by atoms with Crippen molar-refractivity contribution in [2.24, 2.45) is 11.8 Å². The van der Waals surface area contributed by atoms with Crippen LogP contribution >= 0.6 is 0 Å². The number of ether oxygens (including phenoxy) is 1. The highest BCUT2D eigenvalue weighted by Gasteiger charge is 2.26. The van der Waals surface area contributed by atoms with E-state index in [1.165, 1.54) is 25.7 Å². The number of carbonyl (C=O) groups excluding carboxylic acids is 1. The van der Waals surface area contributed by atoms with Crippen LogP contribution in [0.2, 0.25) is 0 Å². The standard InChI is InChI=1S/C15H26O2/c1-2-12-5-7-13(8-6-12)15(16)10-9-14-4-3-11-17-14/h12-14H,2-11H2,1H3. The van der Waals surface area contributed by atoms with Gasteiger partial charge in [0.2, 0.25) is 0 Å². The van der Waals surface area contributed by atoms with E-state index in [2.05, 4.69) is 6.92 Å². The first kappa shape index (κ1) is 13.1. The van der Waals surface area contributed by atoms with Gasteiger partial charge in [-0.15, -0.1) is 0 Å². The monoisotopic (exact) mass is 238 g/mol. The summed E-state index contributed by atoms with van der Waals surface area (Å²) in [5.74, 6) is 1.77. The molecule has 1 saturated carbocycles. The predicted octanol–water partition coefficient (Wildman–Crippen LogP) is 3.73. The van der Waals surface area contributed by atoms with Crippen LogP contribution in [0.4, 0.5) is 0 Å². The number of carbonyl (C=O) groups is 1. The zero-order chi connectivity index (χ0) is 12.1. The Bertz CT molecular complexity index is 235. The summed E-state index contributed by atoms with van der Waals surface area (Å²) in [4.78, 5) is 12.1. The Labute approximate surface area is 105 Å². The fraction of sp³-hybridized carbons (Fsp3) is 0.933. The van der Waals surface area contributed by atoms with Crippen LogP contribution in [0.1, 0.15) is 64.7 Å². The molecule has 1 saturated heterocycles. The molecule has 17 heavy (non-hydrogen) atoms. The van der Waals surface area contributed by atoms with Crippen LogP contribution in [0.15, 0.2) is 0 Å². The van der Waals surface area contributed by atoms with Gasteiger partial charge in [0.25, 0.3) is 0 Å². The minimum Gasteiger partial charge on any atom is -0.378 e. The topological polar surface area (TPSA) is 26.3 Å². The molecule has 1 aliphatic heterocycles. The van der Waals surface area contributed by atoms with Gasteiger partial charge in [-0.2, -0.15) is 0 Å². The fourth-order valence-electron chi connectivity index (χ4n) is 3.27. The van der Waals surface area contributed by atoms with Crippen molar-refractivity contribution in [2.45, 2.75) is 70.8 Å². The highest BCUT2D eigenvalue weighted by atomic mass is 16.5. The molecule has 0 spiro atoms. The maximum absolute atomic E-state index is 12.1. The van der Waals surface area contributed by atoms with Gasteiger partial charge in [-0.1, -0.05) is 13.3 Å². The largest absolute Gasteiger partial charge is 0.378 e. The van der Waals surface area contributed by atoms with Gasteiger partial charge in [0.15, 0.2) is 0 Å². The third-order valence-electron chi connectivity index (χ3n) is 4.62. The fourth-order valence-corrected chi connectivity index (χ4v) is 3.27. The first-order chi connectivity index (χ1) is 8.29. The number of hydrogen-bond acceptors (Lipinski definition) is 2. The van der Waals surface area contributed by atoms with Gasteiger partial charge in [-0.3, -0.25) is 4.79 Å². The summed E-state index contributed by atoms with van der Waals surface area (Å²) in [6.07, 6.45) is 10.6. The smallest absolute Gasteiger partial charge is 0.136 e. The van der Waals surface area contributed by atoms with Crippen molar-refractivity contribution < 1.29 is 9.53 Å². The predicted molar refractivity (Wildman–Crippen MR) is 69.0 cm³/mol. The molecule has 1 atom stereocenters. The average molecular weight is 238 g/mol. The molecule has 2 aliphatic rings. The molecule has 0 radical (unpaired) electrons. The van der Waals surface area contributed by atoms with Gasteiger partial charge in [-0.25, -0.2) is 0 Å². The molecule has 2 rings (SSSR count). The molecule has 2 fully saturated rings. The summed E-state index contributed by atoms with van der Waals surface area (Å²) in [6, 6.07) is 0. The minimum absolute atomic E-state index is 0.374. The molecule has 2 nitrogen and oxygen atoms in total. The molecule has 0 aromatic carbocycles. The molecule has 0 aromatic rings. The van der Waals surface area contributed by atoms with Crippen LogP contribution in [0.25, 0.3) is 0 Å². The van der Waals surface area contributed by atoms with Crippen molar-refractivity contribution >= 4 is 5.78 Å². The van der Waals surface area contributed by atoms with E-state index in [4.69, 9.17) is 4.74 Å². The minimum atomic E-state index is 0.374. The summed E-state index contributed by atoms with van der Waals surface area (Å²) in [5, 5.41) is 0. The molecule has 0 bridgehead atoms. The van der Waals surface area contributed by atoms with E-state index >= 15 is 0 Å². The van der Waals surface area contributed by atoms with E-state index in [9.17, 15) is 4.79 Å². The molecule has 0 aromatic heterocycles. The maximum atomic E-state index is 12.1. The van der Waals surface area contributed by atoms with Crippen LogP contribution in [0.5, 0.6) is 0 Å². The number of ketones is 1. The van der Waals surface area contributed by atoms with Crippen molar-refractivity contribution in [1.29, 1.82) is 0 Å². The average Bonchev–Trinajstić information content (AvgIpc) is 2.89. The van der Waals surface area contributed by atoms with Gasteiger partial charge in [-0.05, 0) is 50.9 Å². The van der Waals surface area contributed by atoms with Gasteiger partial charge in [0, 0.05) is 18.9 Å². The van der Waals surface area contributed by atoms with E-state index in [1.54, 1.807) is 0 Å². The summed E-state index contributed by atoms with van der Waals surface area (Å²) >= 11 is 0. The molecule has 1 heterocycles. The van der Waals surface area contributed by atoms with E-state index in [0.717, 1.165) is 44.6 Å². The van der Waals surface area contributed by atoms with E-state index in [0.29, 0.717) is 17.8 Å². The number of Topliss-reactive ketones (excluding diaryl/α,β-unsaturated/α-hetero) is 1. The Hall–Kier alpha value is -0.370. The highest BCUT2D eigenvalue weighted by molar-refractivity contribution is 5.81. The van der Waals surface area contributed by atoms with E-state index in [1.807, 2.05) is 0 Å². The molecule has 2 heteroatoms. The summed E-state index contributed by atoms with van der Waals surface area (Å²) in [5.41, 5.74) is 0. The Morgan fingerprint density at radius 2 is 1.94 bits per heavy atom. The maximum Gasteiger partial charge on any atom is 0.136 e. The summed E-state index contributed by atoms with van der Waals surface area (Å²) < 4.78 is 5.57. The molecular formula is C15H26O2. The second-order valence-corrected chi connectivity index (χ2v) is 5.77.